The molecule has 1 aromatic heterocycles. The fourth-order valence-electron chi connectivity index (χ4n) is 2.31. The van der Waals surface area contributed by atoms with Gasteiger partial charge in [0.2, 0.25) is 5.91 Å². The summed E-state index contributed by atoms with van der Waals surface area (Å²) in [6.45, 7) is 1.82. The molecule has 98 valence electrons. The van der Waals surface area contributed by atoms with Crippen LogP contribution in [-0.2, 0) is 11.3 Å². The van der Waals surface area contributed by atoms with E-state index < -0.39 is 0 Å². The molecule has 1 saturated carbocycles. The number of aromatic nitrogens is 2. The highest BCUT2D eigenvalue weighted by Crippen LogP contribution is 2.17. The molecule has 0 saturated heterocycles. The van der Waals surface area contributed by atoms with Crippen molar-refractivity contribution in [1.82, 2.24) is 14.9 Å². The maximum Gasteiger partial charge on any atom is 0.253 e. The number of amides is 1. The van der Waals surface area contributed by atoms with Crippen molar-refractivity contribution in [2.24, 2.45) is 0 Å². The van der Waals surface area contributed by atoms with Gasteiger partial charge < -0.3 is 5.32 Å². The number of hydrogen-bond acceptors (Lipinski definition) is 3. The zero-order valence-electron chi connectivity index (χ0n) is 10.7. The monoisotopic (exact) mass is 249 g/mol. The number of carbonyl (C=O) groups excluding carboxylic acids is 1. The molecule has 0 aromatic carbocycles. The third kappa shape index (κ3) is 3.42. The van der Waals surface area contributed by atoms with Gasteiger partial charge in [0.05, 0.1) is 6.33 Å². The van der Waals surface area contributed by atoms with Gasteiger partial charge in [-0.15, -0.1) is 0 Å². The van der Waals surface area contributed by atoms with Gasteiger partial charge in [-0.2, -0.15) is 0 Å². The smallest absolute Gasteiger partial charge is 0.253 e. The SMILES string of the molecule is Cc1cc(=O)n(CC(=O)NC2CCCCC2)cn1. The van der Waals surface area contributed by atoms with Crippen LogP contribution in [0.3, 0.4) is 0 Å². The van der Waals surface area contributed by atoms with E-state index in [0.717, 1.165) is 12.8 Å². The largest absolute Gasteiger partial charge is 0.352 e. The maximum absolute atomic E-state index is 11.8. The topological polar surface area (TPSA) is 64.0 Å². The van der Waals surface area contributed by atoms with Crippen LogP contribution < -0.4 is 10.9 Å². The van der Waals surface area contributed by atoms with E-state index in [1.165, 1.54) is 36.2 Å². The Morgan fingerprint density at radius 2 is 2.17 bits per heavy atom. The van der Waals surface area contributed by atoms with Crippen molar-refractivity contribution in [3.8, 4) is 0 Å². The van der Waals surface area contributed by atoms with E-state index >= 15 is 0 Å². The first-order chi connectivity index (χ1) is 8.65. The number of aryl methyl sites for hydroxylation is 1. The fraction of sp³-hybridized carbons (Fsp3) is 0.615. The second-order valence-electron chi connectivity index (χ2n) is 4.90. The van der Waals surface area contributed by atoms with Crippen LogP contribution in [0.5, 0.6) is 0 Å². The summed E-state index contributed by atoms with van der Waals surface area (Å²) in [6, 6.07) is 1.72. The van der Waals surface area contributed by atoms with Gasteiger partial charge in [-0.1, -0.05) is 19.3 Å². The van der Waals surface area contributed by atoms with E-state index in [4.69, 9.17) is 0 Å². The van der Waals surface area contributed by atoms with E-state index in [-0.39, 0.29) is 24.1 Å². The molecule has 5 heteroatoms. The van der Waals surface area contributed by atoms with Crippen LogP contribution in [0.1, 0.15) is 37.8 Å². The molecule has 5 nitrogen and oxygen atoms in total. The minimum atomic E-state index is -0.179. The summed E-state index contributed by atoms with van der Waals surface area (Å²) in [6.07, 6.45) is 7.14. The van der Waals surface area contributed by atoms with Gasteiger partial charge in [0.25, 0.3) is 5.56 Å². The van der Waals surface area contributed by atoms with Gasteiger partial charge in [-0.25, -0.2) is 4.98 Å². The maximum atomic E-state index is 11.8. The molecule has 0 unspecified atom stereocenters. The van der Waals surface area contributed by atoms with Crippen LogP contribution in [-0.4, -0.2) is 21.5 Å². The van der Waals surface area contributed by atoms with Crippen molar-refractivity contribution in [1.29, 1.82) is 0 Å². The third-order valence-electron chi connectivity index (χ3n) is 3.30. The summed E-state index contributed by atoms with van der Waals surface area (Å²) in [4.78, 5) is 27.5. The molecule has 1 heterocycles. The highest BCUT2D eigenvalue weighted by molar-refractivity contribution is 5.76. The summed E-state index contributed by atoms with van der Waals surface area (Å²) < 4.78 is 1.34. The van der Waals surface area contributed by atoms with Crippen LogP contribution in [0.15, 0.2) is 17.2 Å². The van der Waals surface area contributed by atoms with Crippen molar-refractivity contribution in [2.45, 2.75) is 51.6 Å². The molecule has 1 aliphatic rings. The summed E-state index contributed by atoms with van der Waals surface area (Å²) in [5.41, 5.74) is 0.491. The number of nitrogens with zero attached hydrogens (tertiary/aromatic N) is 2. The Bertz CT molecular complexity index is 475. The third-order valence-corrected chi connectivity index (χ3v) is 3.30. The van der Waals surface area contributed by atoms with Crippen LogP contribution in [0, 0.1) is 6.92 Å². The van der Waals surface area contributed by atoms with Crippen molar-refractivity contribution in [3.05, 3.63) is 28.4 Å². The van der Waals surface area contributed by atoms with Gasteiger partial charge in [-0.05, 0) is 19.8 Å². The summed E-state index contributed by atoms with van der Waals surface area (Å²) in [7, 11) is 0. The molecule has 0 spiro atoms. The molecule has 1 aromatic rings. The molecule has 1 fully saturated rings. The molecule has 18 heavy (non-hydrogen) atoms. The Morgan fingerprint density at radius 3 is 2.83 bits per heavy atom. The van der Waals surface area contributed by atoms with Crippen molar-refractivity contribution >= 4 is 5.91 Å². The van der Waals surface area contributed by atoms with Gasteiger partial charge in [0.1, 0.15) is 6.54 Å². The lowest BCUT2D eigenvalue weighted by molar-refractivity contribution is -0.122. The van der Waals surface area contributed by atoms with E-state index in [2.05, 4.69) is 10.3 Å². The van der Waals surface area contributed by atoms with Gasteiger partial charge in [-0.3, -0.25) is 14.2 Å². The lowest BCUT2D eigenvalue weighted by atomic mass is 9.95. The Hall–Kier alpha value is -1.65. The molecule has 0 bridgehead atoms. The average Bonchev–Trinajstić information content (AvgIpc) is 2.34. The van der Waals surface area contributed by atoms with Gasteiger partial charge in [0.15, 0.2) is 0 Å². The predicted molar refractivity (Wildman–Crippen MR) is 68.2 cm³/mol. The lowest BCUT2D eigenvalue weighted by Crippen LogP contribution is -2.39. The van der Waals surface area contributed by atoms with E-state index in [1.54, 1.807) is 6.92 Å². The van der Waals surface area contributed by atoms with Crippen LogP contribution in [0.2, 0.25) is 0 Å². The van der Waals surface area contributed by atoms with E-state index in [9.17, 15) is 9.59 Å². The van der Waals surface area contributed by atoms with Crippen LogP contribution in [0.25, 0.3) is 0 Å². The first-order valence-electron chi connectivity index (χ1n) is 6.47. The van der Waals surface area contributed by atoms with E-state index in [0.29, 0.717) is 5.69 Å². The minimum absolute atomic E-state index is 0.0581. The molecular formula is C13H19N3O2. The first-order valence-corrected chi connectivity index (χ1v) is 6.47. The fourth-order valence-corrected chi connectivity index (χ4v) is 2.31. The Labute approximate surface area is 106 Å². The lowest BCUT2D eigenvalue weighted by Gasteiger charge is -2.22. The summed E-state index contributed by atoms with van der Waals surface area (Å²) >= 11 is 0. The second kappa shape index (κ2) is 5.80. The highest BCUT2D eigenvalue weighted by Gasteiger charge is 2.15. The van der Waals surface area contributed by atoms with Crippen molar-refractivity contribution in [2.75, 3.05) is 0 Å². The minimum Gasteiger partial charge on any atom is -0.352 e. The number of hydrogen-bond donors (Lipinski definition) is 1. The Kier molecular flexibility index (Phi) is 4.12. The van der Waals surface area contributed by atoms with Crippen molar-refractivity contribution in [3.63, 3.8) is 0 Å². The summed E-state index contributed by atoms with van der Waals surface area (Å²) in [5.74, 6) is -0.102. The van der Waals surface area contributed by atoms with Gasteiger partial charge >= 0.3 is 0 Å². The molecule has 0 atom stereocenters. The molecule has 2 rings (SSSR count). The summed E-state index contributed by atoms with van der Waals surface area (Å²) in [5, 5.41) is 2.98. The molecule has 1 aliphatic carbocycles. The van der Waals surface area contributed by atoms with Crippen LogP contribution >= 0.6 is 0 Å². The molecule has 0 radical (unpaired) electrons. The number of rotatable bonds is 3. The Balaban J connectivity index is 1.92. The Morgan fingerprint density at radius 1 is 1.44 bits per heavy atom. The number of nitrogens with one attached hydrogen (secondary N) is 1. The molecule has 1 amide bonds. The molecular weight excluding hydrogens is 230 g/mol. The second-order valence-corrected chi connectivity index (χ2v) is 4.90. The standard InChI is InChI=1S/C13H19N3O2/c1-10-7-13(18)16(9-14-10)8-12(17)15-11-5-3-2-4-6-11/h7,9,11H,2-6,8H2,1H3,(H,15,17). The van der Waals surface area contributed by atoms with Crippen molar-refractivity contribution < 1.29 is 4.79 Å². The van der Waals surface area contributed by atoms with Crippen LogP contribution in [0.4, 0.5) is 0 Å². The van der Waals surface area contributed by atoms with E-state index in [1.807, 2.05) is 0 Å². The molecule has 0 aliphatic heterocycles. The quantitative estimate of drug-likeness (QED) is 0.869. The zero-order valence-corrected chi connectivity index (χ0v) is 10.7. The molecule has 1 N–H and O–H groups in total. The van der Waals surface area contributed by atoms with Gasteiger partial charge in [0, 0.05) is 17.8 Å². The average molecular weight is 249 g/mol. The first kappa shape index (κ1) is 12.8. The normalized spacial score (nSPS) is 16.5. The predicted octanol–water partition coefficient (Wildman–Crippen LogP) is 1.00. The highest BCUT2D eigenvalue weighted by atomic mass is 16.2. The zero-order chi connectivity index (χ0) is 13.0. The number of carbonyl (C=O) groups is 1.